The van der Waals surface area contributed by atoms with Crippen molar-refractivity contribution in [3.8, 4) is 5.75 Å². The SMILES string of the molecule is CCCNC(=O)C1CN(S(=O)(=O)c2cccnc2)c2ccccc2O1. The quantitative estimate of drug-likeness (QED) is 0.873. The number of nitrogens with zero attached hydrogens (tertiary/aromatic N) is 2. The number of pyridine rings is 1. The Morgan fingerprint density at radius 3 is 2.84 bits per heavy atom. The fourth-order valence-electron chi connectivity index (χ4n) is 2.56. The highest BCUT2D eigenvalue weighted by atomic mass is 32.2. The molecule has 1 atom stereocenters. The van der Waals surface area contributed by atoms with Crippen molar-refractivity contribution < 1.29 is 17.9 Å². The molecule has 0 aliphatic carbocycles. The highest BCUT2D eigenvalue weighted by Gasteiger charge is 2.37. The predicted octanol–water partition coefficient (Wildman–Crippen LogP) is 1.56. The van der Waals surface area contributed by atoms with Gasteiger partial charge in [0.05, 0.1) is 12.2 Å². The molecular weight excluding hydrogens is 342 g/mol. The largest absolute Gasteiger partial charge is 0.476 e. The van der Waals surface area contributed by atoms with Gasteiger partial charge in [0.15, 0.2) is 6.10 Å². The molecule has 1 amide bonds. The first-order chi connectivity index (χ1) is 12.0. The van der Waals surface area contributed by atoms with Gasteiger partial charge >= 0.3 is 0 Å². The first-order valence-electron chi connectivity index (χ1n) is 8.00. The summed E-state index contributed by atoms with van der Waals surface area (Å²) in [6.45, 7) is 2.36. The van der Waals surface area contributed by atoms with Crippen molar-refractivity contribution in [1.29, 1.82) is 0 Å². The standard InChI is InChI=1S/C17H19N3O4S/c1-2-9-19-17(21)16-12-20(14-7-3-4-8-15(14)24-16)25(22,23)13-6-5-10-18-11-13/h3-8,10-11,16H,2,9,12H2,1H3,(H,19,21). The third-order valence-electron chi connectivity index (χ3n) is 3.80. The van der Waals surface area contributed by atoms with Crippen molar-refractivity contribution in [2.75, 3.05) is 17.4 Å². The van der Waals surface area contributed by atoms with Gasteiger partial charge in [-0.1, -0.05) is 19.1 Å². The van der Waals surface area contributed by atoms with Crippen LogP contribution in [-0.2, 0) is 14.8 Å². The molecule has 7 nitrogen and oxygen atoms in total. The molecule has 25 heavy (non-hydrogen) atoms. The van der Waals surface area contributed by atoms with Crippen molar-refractivity contribution >= 4 is 21.6 Å². The van der Waals surface area contributed by atoms with Gasteiger partial charge in [0.1, 0.15) is 10.6 Å². The van der Waals surface area contributed by atoms with Crippen molar-refractivity contribution in [2.24, 2.45) is 0 Å². The highest BCUT2D eigenvalue weighted by molar-refractivity contribution is 7.92. The Bertz CT molecular complexity index is 855. The molecule has 0 radical (unpaired) electrons. The molecule has 0 spiro atoms. The van der Waals surface area contributed by atoms with Gasteiger partial charge in [0.2, 0.25) is 0 Å². The summed E-state index contributed by atoms with van der Waals surface area (Å²) in [6.07, 6.45) is 2.67. The van der Waals surface area contributed by atoms with E-state index < -0.39 is 16.1 Å². The number of anilines is 1. The molecule has 0 saturated carbocycles. The normalized spacial score (nSPS) is 16.7. The van der Waals surface area contributed by atoms with Crippen LogP contribution in [0, 0.1) is 0 Å². The zero-order valence-corrected chi connectivity index (χ0v) is 14.6. The molecule has 1 aliphatic heterocycles. The lowest BCUT2D eigenvalue weighted by molar-refractivity contribution is -0.127. The summed E-state index contributed by atoms with van der Waals surface area (Å²) in [5.41, 5.74) is 0.408. The minimum Gasteiger partial charge on any atom is -0.476 e. The Morgan fingerprint density at radius 2 is 2.12 bits per heavy atom. The minimum absolute atomic E-state index is 0.0689. The smallest absolute Gasteiger partial charge is 0.266 e. The first kappa shape index (κ1) is 17.2. The molecule has 3 rings (SSSR count). The van der Waals surface area contributed by atoms with E-state index in [1.807, 2.05) is 6.92 Å². The summed E-state index contributed by atoms with van der Waals surface area (Å²) >= 11 is 0. The van der Waals surface area contributed by atoms with Crippen molar-refractivity contribution in [1.82, 2.24) is 10.3 Å². The summed E-state index contributed by atoms with van der Waals surface area (Å²) in [4.78, 5) is 16.3. The van der Waals surface area contributed by atoms with Crippen LogP contribution in [0.1, 0.15) is 13.3 Å². The number of sulfonamides is 1. The Hall–Kier alpha value is -2.61. The van der Waals surface area contributed by atoms with Gasteiger partial charge in [0.25, 0.3) is 15.9 Å². The molecule has 1 aromatic heterocycles. The molecule has 132 valence electrons. The maximum absolute atomic E-state index is 13.0. The molecule has 1 aliphatic rings. The topological polar surface area (TPSA) is 88.6 Å². The zero-order valence-electron chi connectivity index (χ0n) is 13.8. The summed E-state index contributed by atoms with van der Waals surface area (Å²) in [6, 6.07) is 9.81. The van der Waals surface area contributed by atoms with Crippen LogP contribution in [0.2, 0.25) is 0 Å². The Morgan fingerprint density at radius 1 is 1.32 bits per heavy atom. The number of rotatable bonds is 5. The van der Waals surface area contributed by atoms with E-state index >= 15 is 0 Å². The van der Waals surface area contributed by atoms with Gasteiger partial charge in [-0.05, 0) is 30.7 Å². The van der Waals surface area contributed by atoms with Crippen LogP contribution < -0.4 is 14.4 Å². The molecule has 0 bridgehead atoms. The number of para-hydroxylation sites is 2. The summed E-state index contributed by atoms with van der Waals surface area (Å²) < 4.78 is 33.0. The van der Waals surface area contributed by atoms with Gasteiger partial charge in [-0.25, -0.2) is 8.42 Å². The molecule has 8 heteroatoms. The molecule has 1 aromatic carbocycles. The molecule has 1 N–H and O–H groups in total. The van der Waals surface area contributed by atoms with Crippen LogP contribution in [0.25, 0.3) is 0 Å². The molecule has 2 aromatic rings. The highest BCUT2D eigenvalue weighted by Crippen LogP contribution is 2.36. The number of hydrogen-bond acceptors (Lipinski definition) is 5. The van der Waals surface area contributed by atoms with Crippen LogP contribution in [0.15, 0.2) is 53.7 Å². The van der Waals surface area contributed by atoms with Gasteiger partial charge in [-0.3, -0.25) is 14.1 Å². The van der Waals surface area contributed by atoms with Crippen molar-refractivity contribution in [3.05, 3.63) is 48.8 Å². The second-order valence-electron chi connectivity index (χ2n) is 5.59. The van der Waals surface area contributed by atoms with Crippen LogP contribution in [-0.4, -0.2) is 38.5 Å². The van der Waals surface area contributed by atoms with Crippen LogP contribution in [0.4, 0.5) is 5.69 Å². The second kappa shape index (κ2) is 7.10. The number of carbonyl (C=O) groups excluding carboxylic acids is 1. The van der Waals surface area contributed by atoms with Gasteiger partial charge < -0.3 is 10.1 Å². The maximum atomic E-state index is 13.0. The predicted molar refractivity (Wildman–Crippen MR) is 92.9 cm³/mol. The third kappa shape index (κ3) is 3.43. The number of hydrogen-bond donors (Lipinski definition) is 1. The van der Waals surface area contributed by atoms with Gasteiger partial charge in [0, 0.05) is 18.9 Å². The Balaban J connectivity index is 1.98. The van der Waals surface area contributed by atoms with E-state index in [-0.39, 0.29) is 17.3 Å². The fraction of sp³-hybridized carbons (Fsp3) is 0.294. The lowest BCUT2D eigenvalue weighted by atomic mass is 10.2. The molecular formula is C17H19N3O4S. The van der Waals surface area contributed by atoms with Crippen LogP contribution >= 0.6 is 0 Å². The average Bonchev–Trinajstić information content (AvgIpc) is 2.65. The van der Waals surface area contributed by atoms with E-state index in [1.54, 1.807) is 30.3 Å². The zero-order chi connectivity index (χ0) is 17.9. The number of nitrogens with one attached hydrogen (secondary N) is 1. The van der Waals surface area contributed by atoms with Crippen molar-refractivity contribution in [2.45, 2.75) is 24.3 Å². The number of ether oxygens (including phenoxy) is 1. The van der Waals surface area contributed by atoms with Crippen LogP contribution in [0.3, 0.4) is 0 Å². The summed E-state index contributed by atoms with van der Waals surface area (Å²) in [7, 11) is -3.85. The lowest BCUT2D eigenvalue weighted by Crippen LogP contribution is -2.50. The second-order valence-corrected chi connectivity index (χ2v) is 7.45. The number of carbonyl (C=O) groups is 1. The maximum Gasteiger partial charge on any atom is 0.266 e. The van der Waals surface area contributed by atoms with Gasteiger partial charge in [-0.2, -0.15) is 0 Å². The minimum atomic E-state index is -3.85. The Labute approximate surface area is 146 Å². The van der Waals surface area contributed by atoms with E-state index in [1.165, 1.54) is 22.8 Å². The molecule has 2 heterocycles. The number of benzene rings is 1. The number of amides is 1. The lowest BCUT2D eigenvalue weighted by Gasteiger charge is -2.34. The first-order valence-corrected chi connectivity index (χ1v) is 9.44. The van der Waals surface area contributed by atoms with E-state index in [9.17, 15) is 13.2 Å². The summed E-state index contributed by atoms with van der Waals surface area (Å²) in [5.74, 6) is 0.0283. The average molecular weight is 361 g/mol. The van der Waals surface area contributed by atoms with E-state index in [4.69, 9.17) is 4.74 Å². The van der Waals surface area contributed by atoms with E-state index in [0.717, 1.165) is 6.42 Å². The fourth-order valence-corrected chi connectivity index (χ4v) is 4.00. The number of fused-ring (bicyclic) bond motifs is 1. The van der Waals surface area contributed by atoms with Crippen molar-refractivity contribution in [3.63, 3.8) is 0 Å². The van der Waals surface area contributed by atoms with Gasteiger partial charge in [-0.15, -0.1) is 0 Å². The third-order valence-corrected chi connectivity index (χ3v) is 5.56. The van der Waals surface area contributed by atoms with Crippen LogP contribution in [0.5, 0.6) is 5.75 Å². The summed E-state index contributed by atoms with van der Waals surface area (Å²) in [5, 5.41) is 2.75. The number of aromatic nitrogens is 1. The molecule has 0 saturated heterocycles. The monoisotopic (exact) mass is 361 g/mol. The molecule has 0 fully saturated rings. The Kier molecular flexibility index (Phi) is 4.89. The molecule has 1 unspecified atom stereocenters. The van der Waals surface area contributed by atoms with E-state index in [2.05, 4.69) is 10.3 Å². The van der Waals surface area contributed by atoms with E-state index in [0.29, 0.717) is 18.0 Å².